The minimum Gasteiger partial charge on any atom is -0.273 e. The van der Waals surface area contributed by atoms with Crippen LogP contribution in [0.1, 0.15) is 27.7 Å². The molecule has 0 aromatic heterocycles. The first-order valence-corrected chi connectivity index (χ1v) is 7.36. The van der Waals surface area contributed by atoms with Gasteiger partial charge in [0, 0.05) is 9.85 Å². The highest BCUT2D eigenvalue weighted by molar-refractivity contribution is 5.22. The SMILES string of the molecule is CC(C)C1N2CC3([N+](=O)[O-])CN1CC([N+](=O)[O-])(C2)C3(C)C. The number of nitro groups is 2. The fraction of sp³-hybridized carbons (Fsp3) is 1.00. The van der Waals surface area contributed by atoms with Crippen molar-refractivity contribution in [2.45, 2.75) is 44.9 Å². The normalized spacial score (nSPS) is 46.8. The molecule has 4 aliphatic rings. The summed E-state index contributed by atoms with van der Waals surface area (Å²) in [5, 5.41) is 23.7. The molecule has 8 heteroatoms. The Labute approximate surface area is 123 Å². The summed E-state index contributed by atoms with van der Waals surface area (Å²) in [6, 6.07) is 0. The van der Waals surface area contributed by atoms with Crippen molar-refractivity contribution in [2.75, 3.05) is 26.2 Å². The molecule has 0 N–H and O–H groups in total. The minimum absolute atomic E-state index is 0.0715. The largest absolute Gasteiger partial charge is 0.273 e. The monoisotopic (exact) mass is 298 g/mol. The molecule has 0 aliphatic carbocycles. The molecule has 0 radical (unpaired) electrons. The third-order valence-corrected chi connectivity index (χ3v) is 6.23. The summed E-state index contributed by atoms with van der Waals surface area (Å²) in [6.07, 6.45) is 0.0715. The van der Waals surface area contributed by atoms with Gasteiger partial charge in [-0.15, -0.1) is 0 Å². The number of rotatable bonds is 3. The van der Waals surface area contributed by atoms with Gasteiger partial charge < -0.3 is 0 Å². The van der Waals surface area contributed by atoms with Gasteiger partial charge in [-0.3, -0.25) is 30.0 Å². The summed E-state index contributed by atoms with van der Waals surface area (Å²) in [7, 11) is 0. The average Bonchev–Trinajstić information content (AvgIpc) is 2.33. The molecule has 4 fully saturated rings. The van der Waals surface area contributed by atoms with E-state index in [9.17, 15) is 20.2 Å². The van der Waals surface area contributed by atoms with Gasteiger partial charge in [0.15, 0.2) is 0 Å². The van der Waals surface area contributed by atoms with Crippen molar-refractivity contribution in [3.8, 4) is 0 Å². The zero-order valence-electron chi connectivity index (χ0n) is 12.9. The highest BCUT2D eigenvalue weighted by Crippen LogP contribution is 2.56. The Hall–Kier alpha value is -1.28. The van der Waals surface area contributed by atoms with E-state index in [0.29, 0.717) is 32.1 Å². The van der Waals surface area contributed by atoms with Crippen LogP contribution in [0.5, 0.6) is 0 Å². The summed E-state index contributed by atoms with van der Waals surface area (Å²) < 4.78 is 0. The van der Waals surface area contributed by atoms with E-state index in [0.717, 1.165) is 0 Å². The second kappa shape index (κ2) is 3.92. The van der Waals surface area contributed by atoms with E-state index in [1.807, 2.05) is 9.80 Å². The molecule has 21 heavy (non-hydrogen) atoms. The first kappa shape index (κ1) is 14.6. The van der Waals surface area contributed by atoms with Gasteiger partial charge in [-0.25, -0.2) is 0 Å². The van der Waals surface area contributed by atoms with E-state index in [-0.39, 0.29) is 16.0 Å². The van der Waals surface area contributed by atoms with Gasteiger partial charge in [-0.1, -0.05) is 13.8 Å². The second-order valence-corrected chi connectivity index (χ2v) is 7.67. The van der Waals surface area contributed by atoms with Crippen LogP contribution in [0.4, 0.5) is 0 Å². The lowest BCUT2D eigenvalue weighted by molar-refractivity contribution is -0.679. The van der Waals surface area contributed by atoms with E-state index in [4.69, 9.17) is 0 Å². The van der Waals surface area contributed by atoms with Gasteiger partial charge in [0.2, 0.25) is 0 Å². The van der Waals surface area contributed by atoms with Gasteiger partial charge in [0.05, 0.1) is 32.3 Å². The lowest BCUT2D eigenvalue weighted by Gasteiger charge is -2.66. The van der Waals surface area contributed by atoms with Crippen LogP contribution in [-0.4, -0.2) is 63.1 Å². The maximum absolute atomic E-state index is 11.8. The predicted molar refractivity (Wildman–Crippen MR) is 75.0 cm³/mol. The van der Waals surface area contributed by atoms with Crippen LogP contribution in [0.2, 0.25) is 0 Å². The summed E-state index contributed by atoms with van der Waals surface area (Å²) in [4.78, 5) is 27.1. The Morgan fingerprint density at radius 1 is 0.952 bits per heavy atom. The van der Waals surface area contributed by atoms with Crippen LogP contribution < -0.4 is 0 Å². The molecule has 118 valence electrons. The van der Waals surface area contributed by atoms with Crippen molar-refractivity contribution >= 4 is 0 Å². The van der Waals surface area contributed by atoms with Gasteiger partial charge in [-0.2, -0.15) is 0 Å². The van der Waals surface area contributed by atoms with E-state index in [2.05, 4.69) is 13.8 Å². The van der Waals surface area contributed by atoms with Crippen LogP contribution in [-0.2, 0) is 0 Å². The second-order valence-electron chi connectivity index (χ2n) is 7.67. The van der Waals surface area contributed by atoms with Crippen molar-refractivity contribution < 1.29 is 9.85 Å². The van der Waals surface area contributed by atoms with Gasteiger partial charge in [0.25, 0.3) is 11.1 Å². The third-order valence-electron chi connectivity index (χ3n) is 6.23. The molecule has 4 aliphatic heterocycles. The standard InChI is InChI=1S/C13H22N4O4/c1-9(2)10-14-5-12(16(18)19)6-15(10)8-13(7-14,17(20)21)11(12,3)4/h9-10H,5-8H2,1-4H3. The van der Waals surface area contributed by atoms with Crippen molar-refractivity contribution in [1.82, 2.24) is 9.80 Å². The molecule has 4 bridgehead atoms. The topological polar surface area (TPSA) is 92.8 Å². The molecule has 0 atom stereocenters. The maximum Gasteiger partial charge on any atom is 0.259 e. The van der Waals surface area contributed by atoms with Gasteiger partial charge in [-0.05, 0) is 19.8 Å². The Morgan fingerprint density at radius 3 is 1.52 bits per heavy atom. The van der Waals surface area contributed by atoms with Crippen LogP contribution in [0.25, 0.3) is 0 Å². The fourth-order valence-corrected chi connectivity index (χ4v) is 4.92. The number of piperidine rings is 2. The van der Waals surface area contributed by atoms with Crippen LogP contribution >= 0.6 is 0 Å². The summed E-state index contributed by atoms with van der Waals surface area (Å²) in [5.74, 6) is 0.292. The number of hydrogen-bond donors (Lipinski definition) is 0. The molecular weight excluding hydrogens is 276 g/mol. The van der Waals surface area contributed by atoms with Crippen molar-refractivity contribution in [2.24, 2.45) is 11.3 Å². The maximum atomic E-state index is 11.8. The van der Waals surface area contributed by atoms with E-state index < -0.39 is 16.5 Å². The Kier molecular flexibility index (Phi) is 2.73. The average molecular weight is 298 g/mol. The quantitative estimate of drug-likeness (QED) is 0.561. The lowest BCUT2D eigenvalue weighted by Crippen LogP contribution is -2.90. The van der Waals surface area contributed by atoms with E-state index in [1.165, 1.54) is 0 Å². The van der Waals surface area contributed by atoms with Crippen LogP contribution in [0.3, 0.4) is 0 Å². The van der Waals surface area contributed by atoms with E-state index in [1.54, 1.807) is 13.8 Å². The molecule has 0 aromatic rings. The summed E-state index contributed by atoms with van der Waals surface area (Å²) in [5.41, 5.74) is -3.49. The Bertz CT molecular complexity index is 466. The Balaban J connectivity index is 2.16. The van der Waals surface area contributed by atoms with Gasteiger partial charge in [0.1, 0.15) is 5.41 Å². The highest BCUT2D eigenvalue weighted by atomic mass is 16.6. The molecule has 0 saturated carbocycles. The molecule has 0 aromatic carbocycles. The zero-order valence-corrected chi connectivity index (χ0v) is 12.9. The Morgan fingerprint density at radius 2 is 1.29 bits per heavy atom. The first-order chi connectivity index (χ1) is 9.59. The molecule has 4 rings (SSSR count). The molecule has 4 saturated heterocycles. The molecule has 0 spiro atoms. The van der Waals surface area contributed by atoms with Crippen LogP contribution in [0, 0.1) is 31.6 Å². The van der Waals surface area contributed by atoms with Crippen molar-refractivity contribution in [3.05, 3.63) is 20.2 Å². The minimum atomic E-state index is -1.26. The predicted octanol–water partition coefficient (Wildman–Crippen LogP) is 0.671. The number of nitrogens with zero attached hydrogens (tertiary/aromatic N) is 4. The van der Waals surface area contributed by atoms with Crippen molar-refractivity contribution in [3.63, 3.8) is 0 Å². The molecule has 0 amide bonds. The summed E-state index contributed by atoms with van der Waals surface area (Å²) in [6.45, 7) is 8.78. The molecule has 4 heterocycles. The number of hydrogen-bond acceptors (Lipinski definition) is 6. The first-order valence-electron chi connectivity index (χ1n) is 7.36. The fourth-order valence-electron chi connectivity index (χ4n) is 4.92. The molecular formula is C13H22N4O4. The highest BCUT2D eigenvalue weighted by Gasteiger charge is 2.81. The lowest BCUT2D eigenvalue weighted by atomic mass is 9.53. The molecule has 0 unspecified atom stereocenters. The zero-order chi connectivity index (χ0) is 15.8. The third kappa shape index (κ3) is 1.42. The van der Waals surface area contributed by atoms with Gasteiger partial charge >= 0.3 is 0 Å². The van der Waals surface area contributed by atoms with E-state index >= 15 is 0 Å². The van der Waals surface area contributed by atoms with Crippen LogP contribution in [0.15, 0.2) is 0 Å². The van der Waals surface area contributed by atoms with Crippen molar-refractivity contribution in [1.29, 1.82) is 0 Å². The molecule has 8 nitrogen and oxygen atoms in total. The smallest absolute Gasteiger partial charge is 0.259 e. The summed E-state index contributed by atoms with van der Waals surface area (Å²) >= 11 is 0.